The summed E-state index contributed by atoms with van der Waals surface area (Å²) in [4.78, 5) is 11.2. The Labute approximate surface area is 88.7 Å². The highest BCUT2D eigenvalue weighted by molar-refractivity contribution is 5.69. The van der Waals surface area contributed by atoms with Crippen molar-refractivity contribution in [1.29, 1.82) is 0 Å². The number of rotatable bonds is 6. The van der Waals surface area contributed by atoms with E-state index in [4.69, 9.17) is 4.74 Å². The molecule has 0 aromatic carbocycles. The minimum absolute atomic E-state index is 0.102. The topological polar surface area (TPSA) is 57.0 Å². The number of carbonyl (C=O) groups excluding carboxylic acids is 1. The van der Waals surface area contributed by atoms with Crippen molar-refractivity contribution in [3.8, 4) is 0 Å². The summed E-state index contributed by atoms with van der Waals surface area (Å²) in [7, 11) is 0. The van der Waals surface area contributed by atoms with Crippen LogP contribution in [0.25, 0.3) is 0 Å². The van der Waals surface area contributed by atoms with Crippen LogP contribution in [0, 0.1) is 0 Å². The first kappa shape index (κ1) is 11.4. The Bertz CT molecular complexity index is 333. The van der Waals surface area contributed by atoms with Gasteiger partial charge in [0.2, 0.25) is 0 Å². The molecule has 1 aromatic rings. The first-order chi connectivity index (χ1) is 7.26. The van der Waals surface area contributed by atoms with Gasteiger partial charge in [-0.3, -0.25) is 4.79 Å². The van der Waals surface area contributed by atoms with Gasteiger partial charge in [0.05, 0.1) is 5.69 Å². The van der Waals surface area contributed by atoms with Crippen LogP contribution in [0.1, 0.15) is 19.0 Å². The van der Waals surface area contributed by atoms with Crippen molar-refractivity contribution in [2.24, 2.45) is 0 Å². The third-order valence-corrected chi connectivity index (χ3v) is 1.75. The molecule has 0 atom stereocenters. The Morgan fingerprint density at radius 3 is 3.20 bits per heavy atom. The van der Waals surface area contributed by atoms with Crippen LogP contribution < -0.4 is 0 Å². The number of carbonyl (C=O) groups is 1. The quantitative estimate of drug-likeness (QED) is 0.517. The molecular formula is C10H15N3O2. The highest BCUT2D eigenvalue weighted by atomic mass is 16.5. The molecule has 0 aliphatic heterocycles. The number of aryl methyl sites for hydroxylation is 1. The van der Waals surface area contributed by atoms with Gasteiger partial charge in [-0.25, -0.2) is 4.68 Å². The predicted molar refractivity (Wildman–Crippen MR) is 55.2 cm³/mol. The average molecular weight is 209 g/mol. The minimum Gasteiger partial charge on any atom is -0.460 e. The van der Waals surface area contributed by atoms with Gasteiger partial charge in [0.25, 0.3) is 0 Å². The molecule has 0 aliphatic carbocycles. The number of hydrogen-bond donors (Lipinski definition) is 0. The van der Waals surface area contributed by atoms with Gasteiger partial charge in [-0.1, -0.05) is 31.2 Å². The molecule has 1 aromatic heterocycles. The van der Waals surface area contributed by atoms with Crippen molar-refractivity contribution in [3.63, 3.8) is 0 Å². The Morgan fingerprint density at radius 2 is 2.53 bits per heavy atom. The maximum Gasteiger partial charge on any atom is 0.328 e. The van der Waals surface area contributed by atoms with Crippen molar-refractivity contribution in [2.75, 3.05) is 6.61 Å². The van der Waals surface area contributed by atoms with Crippen molar-refractivity contribution < 1.29 is 9.53 Å². The summed E-state index contributed by atoms with van der Waals surface area (Å²) in [6, 6.07) is 0. The second kappa shape index (κ2) is 5.95. The van der Waals surface area contributed by atoms with E-state index in [1.165, 1.54) is 10.8 Å². The standard InChI is InChI=1S/C10H15N3O2/c1-3-5-9-7-13(12-11-9)8-10(14)15-6-4-2/h4,7H,2-3,5-6,8H2,1H3. The fourth-order valence-electron chi connectivity index (χ4n) is 1.12. The molecule has 0 N–H and O–H groups in total. The summed E-state index contributed by atoms with van der Waals surface area (Å²) in [5.74, 6) is -0.331. The van der Waals surface area contributed by atoms with Gasteiger partial charge in [-0.15, -0.1) is 5.10 Å². The van der Waals surface area contributed by atoms with Crippen LogP contribution in [0.5, 0.6) is 0 Å². The fourth-order valence-corrected chi connectivity index (χ4v) is 1.12. The number of nitrogens with zero attached hydrogens (tertiary/aromatic N) is 3. The number of aromatic nitrogens is 3. The van der Waals surface area contributed by atoms with E-state index in [0.717, 1.165) is 18.5 Å². The molecule has 5 heteroatoms. The second-order valence-electron chi connectivity index (χ2n) is 3.13. The zero-order valence-corrected chi connectivity index (χ0v) is 8.85. The molecule has 0 saturated carbocycles. The van der Waals surface area contributed by atoms with E-state index in [9.17, 15) is 4.79 Å². The van der Waals surface area contributed by atoms with Crippen molar-refractivity contribution in [2.45, 2.75) is 26.3 Å². The second-order valence-corrected chi connectivity index (χ2v) is 3.13. The lowest BCUT2D eigenvalue weighted by Crippen LogP contribution is -2.14. The molecule has 5 nitrogen and oxygen atoms in total. The first-order valence-corrected chi connectivity index (χ1v) is 4.91. The van der Waals surface area contributed by atoms with E-state index in [1.54, 1.807) is 6.20 Å². The molecule has 0 aliphatic rings. The van der Waals surface area contributed by atoms with E-state index in [1.807, 2.05) is 0 Å². The van der Waals surface area contributed by atoms with Crippen LogP contribution in [-0.4, -0.2) is 27.6 Å². The largest absolute Gasteiger partial charge is 0.460 e. The lowest BCUT2D eigenvalue weighted by atomic mass is 10.3. The highest BCUT2D eigenvalue weighted by Gasteiger charge is 2.05. The number of hydrogen-bond acceptors (Lipinski definition) is 4. The molecule has 0 amide bonds. The first-order valence-electron chi connectivity index (χ1n) is 4.91. The smallest absolute Gasteiger partial charge is 0.328 e. The summed E-state index contributed by atoms with van der Waals surface area (Å²) < 4.78 is 6.30. The van der Waals surface area contributed by atoms with Crippen molar-refractivity contribution in [1.82, 2.24) is 15.0 Å². The Hall–Kier alpha value is -1.65. The number of ether oxygens (including phenoxy) is 1. The third-order valence-electron chi connectivity index (χ3n) is 1.75. The molecule has 0 spiro atoms. The van der Waals surface area contributed by atoms with E-state index in [0.29, 0.717) is 0 Å². The lowest BCUT2D eigenvalue weighted by molar-refractivity contribution is -0.143. The van der Waals surface area contributed by atoms with Crippen LogP contribution in [0.3, 0.4) is 0 Å². The average Bonchev–Trinajstić information content (AvgIpc) is 2.63. The van der Waals surface area contributed by atoms with Gasteiger partial charge >= 0.3 is 5.97 Å². The van der Waals surface area contributed by atoms with Crippen LogP contribution >= 0.6 is 0 Å². The lowest BCUT2D eigenvalue weighted by Gasteiger charge is -2.00. The molecule has 0 saturated heterocycles. The zero-order chi connectivity index (χ0) is 11.1. The molecule has 1 rings (SSSR count). The van der Waals surface area contributed by atoms with Gasteiger partial charge in [0, 0.05) is 6.20 Å². The Morgan fingerprint density at radius 1 is 1.73 bits per heavy atom. The van der Waals surface area contributed by atoms with Crippen LogP contribution in [-0.2, 0) is 22.5 Å². The van der Waals surface area contributed by atoms with Crippen molar-refractivity contribution >= 4 is 5.97 Å². The Kier molecular flexibility index (Phi) is 4.53. The highest BCUT2D eigenvalue weighted by Crippen LogP contribution is 1.97. The molecule has 0 fully saturated rings. The summed E-state index contributed by atoms with van der Waals surface area (Å²) in [6.07, 6.45) is 5.18. The predicted octanol–water partition coefficient (Wildman–Crippen LogP) is 0.960. The minimum atomic E-state index is -0.331. The van der Waals surface area contributed by atoms with E-state index < -0.39 is 0 Å². The van der Waals surface area contributed by atoms with Gasteiger partial charge in [-0.05, 0) is 6.42 Å². The Balaban J connectivity index is 2.42. The monoisotopic (exact) mass is 209 g/mol. The van der Waals surface area contributed by atoms with E-state index in [-0.39, 0.29) is 19.1 Å². The van der Waals surface area contributed by atoms with E-state index >= 15 is 0 Å². The van der Waals surface area contributed by atoms with Crippen LogP contribution in [0.2, 0.25) is 0 Å². The molecule has 82 valence electrons. The number of esters is 1. The molecule has 0 unspecified atom stereocenters. The van der Waals surface area contributed by atoms with Gasteiger partial charge < -0.3 is 4.74 Å². The molecule has 0 bridgehead atoms. The van der Waals surface area contributed by atoms with Gasteiger partial charge in [0.1, 0.15) is 13.2 Å². The summed E-state index contributed by atoms with van der Waals surface area (Å²) in [5, 5.41) is 7.75. The summed E-state index contributed by atoms with van der Waals surface area (Å²) >= 11 is 0. The maximum atomic E-state index is 11.2. The summed E-state index contributed by atoms with van der Waals surface area (Å²) in [6.45, 7) is 5.86. The molecule has 0 radical (unpaired) electrons. The maximum absolute atomic E-state index is 11.2. The molecular weight excluding hydrogens is 194 g/mol. The molecule has 1 heterocycles. The third kappa shape index (κ3) is 3.93. The van der Waals surface area contributed by atoms with Crippen molar-refractivity contribution in [3.05, 3.63) is 24.5 Å². The van der Waals surface area contributed by atoms with Crippen LogP contribution in [0.4, 0.5) is 0 Å². The SMILES string of the molecule is C=CCOC(=O)Cn1cc(CCC)nn1. The van der Waals surface area contributed by atoms with Gasteiger partial charge in [-0.2, -0.15) is 0 Å². The van der Waals surface area contributed by atoms with Gasteiger partial charge in [0.15, 0.2) is 0 Å². The fraction of sp³-hybridized carbons (Fsp3) is 0.500. The van der Waals surface area contributed by atoms with E-state index in [2.05, 4.69) is 23.8 Å². The van der Waals surface area contributed by atoms with Crippen LogP contribution in [0.15, 0.2) is 18.9 Å². The molecule has 15 heavy (non-hydrogen) atoms. The zero-order valence-electron chi connectivity index (χ0n) is 8.85. The normalized spacial score (nSPS) is 9.93. The summed E-state index contributed by atoms with van der Waals surface area (Å²) in [5.41, 5.74) is 0.897.